The van der Waals surface area contributed by atoms with E-state index in [1.165, 1.54) is 6.07 Å². The summed E-state index contributed by atoms with van der Waals surface area (Å²) in [7, 11) is 0. The Bertz CT molecular complexity index is 529. The van der Waals surface area contributed by atoms with Crippen molar-refractivity contribution in [3.8, 4) is 5.75 Å². The molecule has 0 N–H and O–H groups in total. The van der Waals surface area contributed by atoms with Gasteiger partial charge in [-0.15, -0.1) is 22.9 Å². The molecule has 0 aliphatic carbocycles. The minimum absolute atomic E-state index is 0.295. The molecule has 96 valence electrons. The number of nitrogens with zero attached hydrogens (tertiary/aromatic N) is 1. The van der Waals surface area contributed by atoms with Crippen molar-refractivity contribution in [2.75, 3.05) is 6.61 Å². The Labute approximate surface area is 114 Å². The van der Waals surface area contributed by atoms with Gasteiger partial charge in [0.2, 0.25) is 0 Å². The number of rotatable bonds is 5. The molecule has 0 bridgehead atoms. The smallest absolute Gasteiger partial charge is 0.165 e. The van der Waals surface area contributed by atoms with Crippen LogP contribution in [0.1, 0.15) is 16.3 Å². The Morgan fingerprint density at radius 2 is 2.28 bits per heavy atom. The Morgan fingerprint density at radius 1 is 1.44 bits per heavy atom. The minimum Gasteiger partial charge on any atom is -0.490 e. The summed E-state index contributed by atoms with van der Waals surface area (Å²) in [5, 5.41) is 2.88. The third-order valence-electron chi connectivity index (χ3n) is 2.40. The van der Waals surface area contributed by atoms with Crippen LogP contribution in [0.2, 0.25) is 0 Å². The number of aryl methyl sites for hydroxylation is 1. The number of benzene rings is 1. The van der Waals surface area contributed by atoms with Crippen LogP contribution in [0, 0.1) is 12.7 Å². The monoisotopic (exact) mass is 285 g/mol. The Hall–Kier alpha value is -1.13. The lowest BCUT2D eigenvalue weighted by Crippen LogP contribution is -2.03. The summed E-state index contributed by atoms with van der Waals surface area (Å²) in [4.78, 5) is 4.31. The van der Waals surface area contributed by atoms with E-state index in [0.717, 1.165) is 16.3 Å². The van der Waals surface area contributed by atoms with Gasteiger partial charge in [0.15, 0.2) is 11.6 Å². The zero-order valence-corrected chi connectivity index (χ0v) is 11.5. The Balaban J connectivity index is 1.90. The lowest BCUT2D eigenvalue weighted by molar-refractivity contribution is 0.305. The minimum atomic E-state index is -0.332. The van der Waals surface area contributed by atoms with E-state index in [1.54, 1.807) is 23.5 Å². The highest BCUT2D eigenvalue weighted by Crippen LogP contribution is 2.19. The first-order valence-electron chi connectivity index (χ1n) is 5.57. The average molecular weight is 286 g/mol. The highest BCUT2D eigenvalue weighted by molar-refractivity contribution is 7.09. The molecule has 5 heteroatoms. The third-order valence-corrected chi connectivity index (χ3v) is 3.63. The van der Waals surface area contributed by atoms with Gasteiger partial charge < -0.3 is 4.74 Å². The molecule has 0 amide bonds. The maximum Gasteiger partial charge on any atom is 0.165 e. The first kappa shape index (κ1) is 13.3. The van der Waals surface area contributed by atoms with Crippen molar-refractivity contribution in [3.63, 3.8) is 0 Å². The lowest BCUT2D eigenvalue weighted by atomic mass is 10.2. The quantitative estimate of drug-likeness (QED) is 0.776. The molecule has 2 nitrogen and oxygen atoms in total. The van der Waals surface area contributed by atoms with E-state index in [2.05, 4.69) is 4.98 Å². The van der Waals surface area contributed by atoms with Gasteiger partial charge in [-0.3, -0.25) is 0 Å². The third kappa shape index (κ3) is 3.43. The van der Waals surface area contributed by atoms with Crippen LogP contribution in [0.15, 0.2) is 23.6 Å². The first-order valence-corrected chi connectivity index (χ1v) is 6.98. The molecule has 1 aromatic carbocycles. The number of hydrogen-bond acceptors (Lipinski definition) is 3. The van der Waals surface area contributed by atoms with Crippen molar-refractivity contribution in [1.82, 2.24) is 4.98 Å². The molecule has 0 radical (unpaired) electrons. The summed E-state index contributed by atoms with van der Waals surface area (Å²) >= 11 is 7.22. The van der Waals surface area contributed by atoms with Crippen molar-refractivity contribution in [2.24, 2.45) is 0 Å². The van der Waals surface area contributed by atoms with E-state index in [9.17, 15) is 4.39 Å². The molecule has 0 fully saturated rings. The molecule has 0 saturated carbocycles. The summed E-state index contributed by atoms with van der Waals surface area (Å²) in [6, 6.07) is 4.83. The van der Waals surface area contributed by atoms with Gasteiger partial charge >= 0.3 is 0 Å². The summed E-state index contributed by atoms with van der Waals surface area (Å²) in [5.74, 6) is 0.384. The van der Waals surface area contributed by atoms with Gasteiger partial charge in [-0.05, 0) is 24.6 Å². The van der Waals surface area contributed by atoms with E-state index < -0.39 is 0 Å². The zero-order chi connectivity index (χ0) is 13.0. The summed E-state index contributed by atoms with van der Waals surface area (Å²) < 4.78 is 18.8. The van der Waals surface area contributed by atoms with Crippen molar-refractivity contribution in [3.05, 3.63) is 45.7 Å². The van der Waals surface area contributed by atoms with Crippen LogP contribution in [0.25, 0.3) is 0 Å². The molecule has 18 heavy (non-hydrogen) atoms. The normalized spacial score (nSPS) is 10.6. The summed E-state index contributed by atoms with van der Waals surface area (Å²) in [6.07, 6.45) is 0.662. The van der Waals surface area contributed by atoms with Crippen molar-refractivity contribution < 1.29 is 9.13 Å². The molecule has 0 atom stereocenters. The van der Waals surface area contributed by atoms with E-state index in [4.69, 9.17) is 16.3 Å². The van der Waals surface area contributed by atoms with Crippen LogP contribution in [0.5, 0.6) is 5.75 Å². The second-order valence-corrected chi connectivity index (χ2v) is 5.11. The van der Waals surface area contributed by atoms with Crippen molar-refractivity contribution >= 4 is 22.9 Å². The van der Waals surface area contributed by atoms with E-state index in [-0.39, 0.29) is 5.82 Å². The van der Waals surface area contributed by atoms with Crippen molar-refractivity contribution in [2.45, 2.75) is 19.2 Å². The number of hydrogen-bond donors (Lipinski definition) is 0. The number of ether oxygens (including phenoxy) is 1. The van der Waals surface area contributed by atoms with Gasteiger partial charge in [-0.2, -0.15) is 0 Å². The highest BCUT2D eigenvalue weighted by Gasteiger charge is 2.05. The van der Waals surface area contributed by atoms with Crippen LogP contribution in [0.4, 0.5) is 4.39 Å². The summed E-state index contributed by atoms with van der Waals surface area (Å²) in [6.45, 7) is 2.31. The second kappa shape index (κ2) is 6.16. The number of halogens is 2. The van der Waals surface area contributed by atoms with Crippen LogP contribution in [-0.4, -0.2) is 11.6 Å². The van der Waals surface area contributed by atoms with Gasteiger partial charge in [-0.25, -0.2) is 9.37 Å². The predicted molar refractivity (Wildman–Crippen MR) is 72.0 cm³/mol. The molecule has 0 aliphatic rings. The zero-order valence-electron chi connectivity index (χ0n) is 9.95. The molecular formula is C13H13ClFNOS. The molecule has 0 unspecified atom stereocenters. The fourth-order valence-electron chi connectivity index (χ4n) is 1.49. The first-order chi connectivity index (χ1) is 8.69. The van der Waals surface area contributed by atoms with E-state index >= 15 is 0 Å². The Morgan fingerprint density at radius 3 is 3.00 bits per heavy atom. The SMILES string of the molecule is Cc1ccc(F)c(OCCc2nc(CCl)cs2)c1. The molecule has 0 spiro atoms. The largest absolute Gasteiger partial charge is 0.490 e. The van der Waals surface area contributed by atoms with Gasteiger partial charge in [0.1, 0.15) is 0 Å². The van der Waals surface area contributed by atoms with Gasteiger partial charge in [0.25, 0.3) is 0 Å². The lowest BCUT2D eigenvalue weighted by Gasteiger charge is -2.06. The van der Waals surface area contributed by atoms with Gasteiger partial charge in [0, 0.05) is 11.8 Å². The maximum atomic E-state index is 13.4. The maximum absolute atomic E-state index is 13.4. The van der Waals surface area contributed by atoms with Gasteiger partial charge in [-0.1, -0.05) is 6.07 Å². The number of thiazole rings is 1. The molecule has 2 aromatic rings. The topological polar surface area (TPSA) is 22.1 Å². The molecule has 0 saturated heterocycles. The molecule has 2 rings (SSSR count). The number of aromatic nitrogens is 1. The van der Waals surface area contributed by atoms with E-state index in [0.29, 0.717) is 24.7 Å². The number of alkyl halides is 1. The predicted octanol–water partition coefficient (Wildman–Crippen LogP) is 3.95. The highest BCUT2D eigenvalue weighted by atomic mass is 35.5. The van der Waals surface area contributed by atoms with Crippen LogP contribution in [-0.2, 0) is 12.3 Å². The van der Waals surface area contributed by atoms with Crippen molar-refractivity contribution in [1.29, 1.82) is 0 Å². The second-order valence-electron chi connectivity index (χ2n) is 3.90. The fourth-order valence-corrected chi connectivity index (χ4v) is 2.50. The average Bonchev–Trinajstić information content (AvgIpc) is 2.81. The molecule has 1 aromatic heterocycles. The van der Waals surface area contributed by atoms with Crippen LogP contribution < -0.4 is 4.74 Å². The Kier molecular flexibility index (Phi) is 4.55. The van der Waals surface area contributed by atoms with Crippen LogP contribution >= 0.6 is 22.9 Å². The van der Waals surface area contributed by atoms with Crippen LogP contribution in [0.3, 0.4) is 0 Å². The van der Waals surface area contributed by atoms with E-state index in [1.807, 2.05) is 12.3 Å². The summed E-state index contributed by atoms with van der Waals surface area (Å²) in [5.41, 5.74) is 1.85. The standard InChI is InChI=1S/C13H13ClFNOS/c1-9-2-3-11(15)12(6-9)17-5-4-13-16-10(7-14)8-18-13/h2-3,6,8H,4-5,7H2,1H3. The molecule has 0 aliphatic heterocycles. The fraction of sp³-hybridized carbons (Fsp3) is 0.308. The molecular weight excluding hydrogens is 273 g/mol. The van der Waals surface area contributed by atoms with Gasteiger partial charge in [0.05, 0.1) is 23.2 Å². The molecule has 1 heterocycles.